The molecule has 1 rings (SSSR count). The van der Waals surface area contributed by atoms with Crippen LogP contribution < -0.4 is 10.6 Å². The van der Waals surface area contributed by atoms with Crippen LogP contribution >= 0.6 is 0 Å². The van der Waals surface area contributed by atoms with Crippen molar-refractivity contribution in [1.82, 2.24) is 15.5 Å². The van der Waals surface area contributed by atoms with Gasteiger partial charge in [-0.1, -0.05) is 51.1 Å². The molecule has 3 amide bonds. The number of aliphatic hydroxyl groups is 1. The van der Waals surface area contributed by atoms with E-state index in [1.54, 1.807) is 11.8 Å². The smallest absolute Gasteiger partial charge is 0.317 e. The molecule has 2 unspecified atom stereocenters. The second-order valence-electron chi connectivity index (χ2n) is 10.5. The van der Waals surface area contributed by atoms with E-state index in [2.05, 4.69) is 24.5 Å². The first-order valence-electron chi connectivity index (χ1n) is 11.9. The summed E-state index contributed by atoms with van der Waals surface area (Å²) >= 11 is 0. The van der Waals surface area contributed by atoms with Crippen molar-refractivity contribution in [3.05, 3.63) is 35.9 Å². The van der Waals surface area contributed by atoms with Crippen LogP contribution in [0.4, 0.5) is 4.79 Å². The van der Waals surface area contributed by atoms with Crippen LogP contribution in [0.15, 0.2) is 30.3 Å². The fourth-order valence-electron chi connectivity index (χ4n) is 3.44. The van der Waals surface area contributed by atoms with E-state index in [-0.39, 0.29) is 30.7 Å². The Labute approximate surface area is 199 Å². The SMILES string of the molecule is CC(=O)CC(C)C(=O)NC(Cc1ccccc1)[C@@H](O)CN(CCC(C)C)C(=O)NC(C)(C)C. The maximum Gasteiger partial charge on any atom is 0.317 e. The number of aliphatic hydroxyl groups excluding tert-OH is 1. The average molecular weight is 462 g/mol. The van der Waals surface area contributed by atoms with E-state index in [0.29, 0.717) is 18.9 Å². The maximum absolute atomic E-state index is 12.9. The Morgan fingerprint density at radius 1 is 1.06 bits per heavy atom. The van der Waals surface area contributed by atoms with Gasteiger partial charge in [0.25, 0.3) is 0 Å². The van der Waals surface area contributed by atoms with Crippen molar-refractivity contribution in [2.24, 2.45) is 11.8 Å². The minimum Gasteiger partial charge on any atom is -0.389 e. The summed E-state index contributed by atoms with van der Waals surface area (Å²) < 4.78 is 0. The molecule has 7 nitrogen and oxygen atoms in total. The van der Waals surface area contributed by atoms with E-state index in [1.807, 2.05) is 51.1 Å². The van der Waals surface area contributed by atoms with Crippen molar-refractivity contribution >= 4 is 17.7 Å². The van der Waals surface area contributed by atoms with Crippen LogP contribution in [-0.2, 0) is 16.0 Å². The first-order chi connectivity index (χ1) is 15.3. The number of carbonyl (C=O) groups is 3. The largest absolute Gasteiger partial charge is 0.389 e. The number of hydrogen-bond acceptors (Lipinski definition) is 4. The molecule has 0 aliphatic carbocycles. The highest BCUT2D eigenvalue weighted by molar-refractivity contribution is 5.85. The lowest BCUT2D eigenvalue weighted by molar-refractivity contribution is -0.129. The summed E-state index contributed by atoms with van der Waals surface area (Å²) in [5.74, 6) is -0.428. The molecular weight excluding hydrogens is 418 g/mol. The van der Waals surface area contributed by atoms with E-state index in [1.165, 1.54) is 6.92 Å². The van der Waals surface area contributed by atoms with Crippen LogP contribution in [0.25, 0.3) is 0 Å². The van der Waals surface area contributed by atoms with Gasteiger partial charge in [0.05, 0.1) is 18.7 Å². The fourth-order valence-corrected chi connectivity index (χ4v) is 3.44. The summed E-state index contributed by atoms with van der Waals surface area (Å²) in [6.07, 6.45) is 0.389. The molecule has 0 aromatic heterocycles. The topological polar surface area (TPSA) is 98.7 Å². The third-order valence-electron chi connectivity index (χ3n) is 5.28. The van der Waals surface area contributed by atoms with Crippen molar-refractivity contribution in [2.75, 3.05) is 13.1 Å². The molecule has 0 saturated heterocycles. The van der Waals surface area contributed by atoms with E-state index in [4.69, 9.17) is 0 Å². The van der Waals surface area contributed by atoms with Gasteiger partial charge in [-0.15, -0.1) is 0 Å². The van der Waals surface area contributed by atoms with Gasteiger partial charge >= 0.3 is 6.03 Å². The van der Waals surface area contributed by atoms with Crippen LogP contribution in [0, 0.1) is 11.8 Å². The number of carbonyl (C=O) groups excluding carboxylic acids is 3. The first kappa shape index (κ1) is 28.6. The molecule has 0 aliphatic rings. The number of rotatable bonds is 12. The Hall–Kier alpha value is -2.41. The molecule has 0 radical (unpaired) electrons. The quantitative estimate of drug-likeness (QED) is 0.443. The number of urea groups is 1. The normalized spacial score (nSPS) is 14.3. The minimum absolute atomic E-state index is 0.0588. The molecule has 0 aliphatic heterocycles. The van der Waals surface area contributed by atoms with Gasteiger partial charge in [0.15, 0.2) is 0 Å². The Kier molecular flexibility index (Phi) is 11.6. The number of ketones is 1. The van der Waals surface area contributed by atoms with Crippen LogP contribution in [0.1, 0.15) is 66.9 Å². The van der Waals surface area contributed by atoms with Crippen molar-refractivity contribution in [1.29, 1.82) is 0 Å². The molecule has 0 fully saturated rings. The zero-order valence-electron chi connectivity index (χ0n) is 21.4. The number of Topliss-reactive ketones (excluding diaryl/α,β-unsaturated/α-hetero) is 1. The Bertz CT molecular complexity index is 759. The van der Waals surface area contributed by atoms with E-state index < -0.39 is 23.6 Å². The van der Waals surface area contributed by atoms with Gasteiger partial charge in [-0.05, 0) is 52.0 Å². The summed E-state index contributed by atoms with van der Waals surface area (Å²) in [5.41, 5.74) is 0.562. The standard InChI is InChI=1S/C26H43N3O4/c1-18(2)13-14-29(25(33)28-26(5,6)7)17-23(31)22(16-21-11-9-8-10-12-21)27-24(32)19(3)15-20(4)30/h8-12,18-19,22-23,31H,13-17H2,1-7H3,(H,27,32)(H,28,33)/t19?,22?,23-/m0/s1. The monoisotopic (exact) mass is 461 g/mol. The lowest BCUT2D eigenvalue weighted by Gasteiger charge is -2.33. The highest BCUT2D eigenvalue weighted by atomic mass is 16.3. The molecule has 0 spiro atoms. The minimum atomic E-state index is -0.975. The summed E-state index contributed by atoms with van der Waals surface area (Å²) in [7, 11) is 0. The molecule has 3 N–H and O–H groups in total. The summed E-state index contributed by atoms with van der Waals surface area (Å²) in [5, 5.41) is 17.1. The van der Waals surface area contributed by atoms with Crippen LogP contribution in [0.2, 0.25) is 0 Å². The maximum atomic E-state index is 12.9. The summed E-state index contributed by atoms with van der Waals surface area (Å²) in [6, 6.07) is 8.76. The van der Waals surface area contributed by atoms with Gasteiger partial charge in [-0.3, -0.25) is 4.79 Å². The fraction of sp³-hybridized carbons (Fsp3) is 0.654. The van der Waals surface area contributed by atoms with Crippen molar-refractivity contribution in [3.8, 4) is 0 Å². The lowest BCUT2D eigenvalue weighted by atomic mass is 9.98. The Morgan fingerprint density at radius 2 is 1.67 bits per heavy atom. The molecule has 1 aromatic carbocycles. The third kappa shape index (κ3) is 11.9. The lowest BCUT2D eigenvalue weighted by Crippen LogP contribution is -2.55. The molecule has 0 heterocycles. The van der Waals surface area contributed by atoms with E-state index in [0.717, 1.165) is 12.0 Å². The average Bonchev–Trinajstić information content (AvgIpc) is 2.69. The van der Waals surface area contributed by atoms with Gasteiger partial charge < -0.3 is 25.4 Å². The zero-order valence-corrected chi connectivity index (χ0v) is 21.4. The van der Waals surface area contributed by atoms with Crippen LogP contribution in [0.5, 0.6) is 0 Å². The van der Waals surface area contributed by atoms with Crippen LogP contribution in [-0.4, -0.2) is 58.5 Å². The predicted octanol–water partition coefficient (Wildman–Crippen LogP) is 3.55. The number of nitrogens with zero attached hydrogens (tertiary/aromatic N) is 1. The molecular formula is C26H43N3O4. The van der Waals surface area contributed by atoms with Crippen molar-refractivity contribution in [3.63, 3.8) is 0 Å². The molecule has 1 aromatic rings. The Balaban J connectivity index is 3.04. The van der Waals surface area contributed by atoms with E-state index in [9.17, 15) is 19.5 Å². The molecule has 186 valence electrons. The number of nitrogens with one attached hydrogen (secondary N) is 2. The second-order valence-corrected chi connectivity index (χ2v) is 10.5. The first-order valence-corrected chi connectivity index (χ1v) is 11.9. The predicted molar refractivity (Wildman–Crippen MR) is 132 cm³/mol. The highest BCUT2D eigenvalue weighted by Crippen LogP contribution is 2.13. The molecule has 7 heteroatoms. The highest BCUT2D eigenvalue weighted by Gasteiger charge is 2.29. The number of benzene rings is 1. The third-order valence-corrected chi connectivity index (χ3v) is 5.28. The molecule has 33 heavy (non-hydrogen) atoms. The Morgan fingerprint density at radius 3 is 2.18 bits per heavy atom. The van der Waals surface area contributed by atoms with Gasteiger partial charge in [0.1, 0.15) is 5.78 Å². The van der Waals surface area contributed by atoms with Crippen LogP contribution in [0.3, 0.4) is 0 Å². The van der Waals surface area contributed by atoms with Gasteiger partial charge in [0, 0.05) is 24.4 Å². The van der Waals surface area contributed by atoms with Gasteiger partial charge in [-0.2, -0.15) is 0 Å². The van der Waals surface area contributed by atoms with Gasteiger partial charge in [-0.25, -0.2) is 4.79 Å². The van der Waals surface area contributed by atoms with E-state index >= 15 is 0 Å². The number of amides is 3. The summed E-state index contributed by atoms with van der Waals surface area (Å²) in [6.45, 7) is 13.7. The van der Waals surface area contributed by atoms with Crippen molar-refractivity contribution < 1.29 is 19.5 Å². The second kappa shape index (κ2) is 13.3. The molecule has 0 saturated carbocycles. The molecule has 0 bridgehead atoms. The zero-order chi connectivity index (χ0) is 25.2. The van der Waals surface area contributed by atoms with Gasteiger partial charge in [0.2, 0.25) is 5.91 Å². The summed E-state index contributed by atoms with van der Waals surface area (Å²) in [4.78, 5) is 38.7. The number of hydrogen-bond donors (Lipinski definition) is 3. The van der Waals surface area contributed by atoms with Crippen molar-refractivity contribution in [2.45, 2.75) is 85.4 Å². The molecule has 3 atom stereocenters.